The third-order valence-electron chi connectivity index (χ3n) is 5.86. The number of rotatable bonds is 2. The summed E-state index contributed by atoms with van der Waals surface area (Å²) in [7, 11) is 0. The van der Waals surface area contributed by atoms with Gasteiger partial charge in [0.05, 0.1) is 11.1 Å². The predicted molar refractivity (Wildman–Crippen MR) is 90.8 cm³/mol. The van der Waals surface area contributed by atoms with Gasteiger partial charge in [-0.2, -0.15) is 5.10 Å². The smallest absolute Gasteiger partial charge is 0.230 e. The van der Waals surface area contributed by atoms with E-state index in [1.54, 1.807) is 0 Å². The zero-order valence-corrected chi connectivity index (χ0v) is 14.4. The van der Waals surface area contributed by atoms with Gasteiger partial charge in [-0.1, -0.05) is 0 Å². The number of ether oxygens (including phenoxy) is 1. The lowest BCUT2D eigenvalue weighted by Crippen LogP contribution is -2.54. The van der Waals surface area contributed by atoms with Crippen molar-refractivity contribution < 1.29 is 9.53 Å². The molecule has 6 nitrogen and oxygen atoms in total. The largest absolute Gasteiger partial charge is 0.381 e. The zero-order chi connectivity index (χ0) is 16.6. The van der Waals surface area contributed by atoms with Crippen LogP contribution in [0.1, 0.15) is 37.8 Å². The van der Waals surface area contributed by atoms with Crippen molar-refractivity contribution in [2.75, 3.05) is 37.7 Å². The van der Waals surface area contributed by atoms with Gasteiger partial charge < -0.3 is 14.5 Å². The standard InChI is InChI=1S/C18H26N4O2/c1-14-3-4-16(20-19-14)21-10-8-18(13-21)7-2-9-22(17(18)23)15-5-11-24-12-6-15/h3-4,15H,2,5-13H2,1H3. The highest BCUT2D eigenvalue weighted by molar-refractivity contribution is 5.85. The monoisotopic (exact) mass is 330 g/mol. The van der Waals surface area contributed by atoms with Gasteiger partial charge in [0.25, 0.3) is 0 Å². The van der Waals surface area contributed by atoms with Gasteiger partial charge in [0.1, 0.15) is 0 Å². The van der Waals surface area contributed by atoms with Gasteiger partial charge in [-0.15, -0.1) is 5.10 Å². The number of likely N-dealkylation sites (tertiary alicyclic amines) is 1. The molecule has 3 aliphatic rings. The van der Waals surface area contributed by atoms with Crippen molar-refractivity contribution >= 4 is 11.7 Å². The highest BCUT2D eigenvalue weighted by atomic mass is 16.5. The van der Waals surface area contributed by atoms with Crippen LogP contribution in [-0.2, 0) is 9.53 Å². The molecule has 1 amide bonds. The number of aromatic nitrogens is 2. The molecule has 1 unspecified atom stereocenters. The second-order valence-electron chi connectivity index (χ2n) is 7.43. The van der Waals surface area contributed by atoms with Gasteiger partial charge in [0, 0.05) is 38.9 Å². The Morgan fingerprint density at radius 1 is 1.17 bits per heavy atom. The van der Waals surface area contributed by atoms with Crippen molar-refractivity contribution in [1.29, 1.82) is 0 Å². The average Bonchev–Trinajstić information content (AvgIpc) is 3.04. The molecule has 0 saturated carbocycles. The van der Waals surface area contributed by atoms with E-state index in [4.69, 9.17) is 4.74 Å². The third kappa shape index (κ3) is 2.77. The Balaban J connectivity index is 1.50. The van der Waals surface area contributed by atoms with Gasteiger partial charge in [-0.25, -0.2) is 0 Å². The minimum absolute atomic E-state index is 0.219. The number of hydrogen-bond acceptors (Lipinski definition) is 5. The Labute approximate surface area is 143 Å². The second-order valence-corrected chi connectivity index (χ2v) is 7.43. The lowest BCUT2D eigenvalue weighted by Gasteiger charge is -2.44. The van der Waals surface area contributed by atoms with Crippen LogP contribution in [0.4, 0.5) is 5.82 Å². The fraction of sp³-hybridized carbons (Fsp3) is 0.722. The van der Waals surface area contributed by atoms with Crippen LogP contribution in [0.3, 0.4) is 0 Å². The van der Waals surface area contributed by atoms with Crippen LogP contribution in [0.25, 0.3) is 0 Å². The summed E-state index contributed by atoms with van der Waals surface area (Å²) in [6, 6.07) is 4.38. The van der Waals surface area contributed by atoms with E-state index in [0.29, 0.717) is 11.9 Å². The normalized spacial score (nSPS) is 28.8. The predicted octanol–water partition coefficient (Wildman–Crippen LogP) is 1.78. The number of anilines is 1. The van der Waals surface area contributed by atoms with Crippen molar-refractivity contribution in [3.8, 4) is 0 Å². The molecule has 0 aliphatic carbocycles. The first-order valence-electron chi connectivity index (χ1n) is 9.12. The Morgan fingerprint density at radius 2 is 2.00 bits per heavy atom. The van der Waals surface area contributed by atoms with E-state index >= 15 is 0 Å². The van der Waals surface area contributed by atoms with E-state index in [1.807, 2.05) is 19.1 Å². The fourth-order valence-corrected chi connectivity index (χ4v) is 4.45. The summed E-state index contributed by atoms with van der Waals surface area (Å²) in [5, 5.41) is 8.47. The van der Waals surface area contributed by atoms with Gasteiger partial charge in [0.15, 0.2) is 5.82 Å². The van der Waals surface area contributed by atoms with Crippen LogP contribution < -0.4 is 4.90 Å². The molecule has 1 atom stereocenters. The maximum Gasteiger partial charge on any atom is 0.230 e. The molecule has 4 heterocycles. The topological polar surface area (TPSA) is 58.6 Å². The van der Waals surface area contributed by atoms with Crippen LogP contribution in [0.5, 0.6) is 0 Å². The molecule has 0 radical (unpaired) electrons. The molecule has 0 aromatic carbocycles. The van der Waals surface area contributed by atoms with E-state index < -0.39 is 0 Å². The van der Waals surface area contributed by atoms with Crippen molar-refractivity contribution in [3.63, 3.8) is 0 Å². The highest BCUT2D eigenvalue weighted by Crippen LogP contribution is 2.42. The van der Waals surface area contributed by atoms with E-state index in [0.717, 1.165) is 76.5 Å². The number of nitrogens with zero attached hydrogens (tertiary/aromatic N) is 4. The van der Waals surface area contributed by atoms with E-state index in [9.17, 15) is 4.79 Å². The molecule has 130 valence electrons. The van der Waals surface area contributed by atoms with Crippen LogP contribution in [-0.4, -0.2) is 59.9 Å². The number of amides is 1. The maximum absolute atomic E-state index is 13.3. The molecule has 3 fully saturated rings. The number of carbonyl (C=O) groups excluding carboxylic acids is 1. The molecule has 1 aromatic heterocycles. The second kappa shape index (κ2) is 6.31. The summed E-state index contributed by atoms with van der Waals surface area (Å²) in [6.07, 6.45) is 5.00. The lowest BCUT2D eigenvalue weighted by atomic mass is 9.77. The van der Waals surface area contributed by atoms with Crippen molar-refractivity contribution in [2.45, 2.75) is 45.1 Å². The van der Waals surface area contributed by atoms with Gasteiger partial charge in [-0.05, 0) is 51.2 Å². The molecule has 6 heteroatoms. The first-order chi connectivity index (χ1) is 11.7. The molecular weight excluding hydrogens is 304 g/mol. The van der Waals surface area contributed by atoms with Gasteiger partial charge in [-0.3, -0.25) is 4.79 Å². The SMILES string of the molecule is Cc1ccc(N2CCC3(CCCN(C4CCOCC4)C3=O)C2)nn1. The minimum atomic E-state index is -0.219. The van der Waals surface area contributed by atoms with Crippen LogP contribution in [0.2, 0.25) is 0 Å². The molecule has 1 spiro atoms. The van der Waals surface area contributed by atoms with Crippen LogP contribution in [0, 0.1) is 12.3 Å². The van der Waals surface area contributed by atoms with E-state index in [1.165, 1.54) is 0 Å². The fourth-order valence-electron chi connectivity index (χ4n) is 4.45. The quantitative estimate of drug-likeness (QED) is 0.827. The summed E-state index contributed by atoms with van der Waals surface area (Å²) in [5.74, 6) is 1.26. The Bertz CT molecular complexity index is 600. The van der Waals surface area contributed by atoms with Crippen LogP contribution in [0.15, 0.2) is 12.1 Å². The van der Waals surface area contributed by atoms with Crippen molar-refractivity contribution in [2.24, 2.45) is 5.41 Å². The average molecular weight is 330 g/mol. The zero-order valence-electron chi connectivity index (χ0n) is 14.4. The lowest BCUT2D eigenvalue weighted by molar-refractivity contribution is -0.149. The Morgan fingerprint density at radius 3 is 2.75 bits per heavy atom. The summed E-state index contributed by atoms with van der Waals surface area (Å²) in [4.78, 5) is 17.7. The van der Waals surface area contributed by atoms with Gasteiger partial charge >= 0.3 is 0 Å². The van der Waals surface area contributed by atoms with E-state index in [2.05, 4.69) is 20.0 Å². The summed E-state index contributed by atoms with van der Waals surface area (Å²) in [6.45, 7) is 6.10. The summed E-state index contributed by atoms with van der Waals surface area (Å²) < 4.78 is 5.47. The first kappa shape index (κ1) is 15.8. The van der Waals surface area contributed by atoms with Crippen molar-refractivity contribution in [3.05, 3.63) is 17.8 Å². The number of hydrogen-bond donors (Lipinski definition) is 0. The van der Waals surface area contributed by atoms with Gasteiger partial charge in [0.2, 0.25) is 5.91 Å². The number of piperidine rings is 1. The molecule has 3 saturated heterocycles. The number of aryl methyl sites for hydroxylation is 1. The molecule has 1 aromatic rings. The molecule has 24 heavy (non-hydrogen) atoms. The van der Waals surface area contributed by atoms with Crippen molar-refractivity contribution in [1.82, 2.24) is 15.1 Å². The number of carbonyl (C=O) groups is 1. The maximum atomic E-state index is 13.3. The Hall–Kier alpha value is -1.69. The molecular formula is C18H26N4O2. The molecule has 0 N–H and O–H groups in total. The first-order valence-corrected chi connectivity index (χ1v) is 9.12. The minimum Gasteiger partial charge on any atom is -0.381 e. The molecule has 4 rings (SSSR count). The van der Waals surface area contributed by atoms with Crippen LogP contribution >= 0.6 is 0 Å². The summed E-state index contributed by atoms with van der Waals surface area (Å²) in [5.41, 5.74) is 0.704. The third-order valence-corrected chi connectivity index (χ3v) is 5.86. The Kier molecular flexibility index (Phi) is 4.16. The van der Waals surface area contributed by atoms with E-state index in [-0.39, 0.29) is 5.41 Å². The summed E-state index contributed by atoms with van der Waals surface area (Å²) >= 11 is 0. The highest BCUT2D eigenvalue weighted by Gasteiger charge is 2.50. The molecule has 0 bridgehead atoms. The molecule has 3 aliphatic heterocycles.